The summed E-state index contributed by atoms with van der Waals surface area (Å²) in [5, 5.41) is 0. The summed E-state index contributed by atoms with van der Waals surface area (Å²) in [6.07, 6.45) is 6.42. The summed E-state index contributed by atoms with van der Waals surface area (Å²) >= 11 is 0. The summed E-state index contributed by atoms with van der Waals surface area (Å²) in [6.45, 7) is 6.15. The Kier molecular flexibility index (Phi) is 5.81. The van der Waals surface area contributed by atoms with Crippen LogP contribution in [0.4, 0.5) is 0 Å². The molecule has 0 aliphatic carbocycles. The van der Waals surface area contributed by atoms with E-state index in [0.717, 1.165) is 19.3 Å². The first kappa shape index (κ1) is 10.4. The maximum absolute atomic E-state index is 11.1. The SMILES string of the molecule is C/C=C/C(=O)CC(CC)CC. The lowest BCUT2D eigenvalue weighted by molar-refractivity contribution is -0.115. The first-order chi connectivity index (χ1) is 5.24. The Morgan fingerprint density at radius 2 is 1.91 bits per heavy atom. The van der Waals surface area contributed by atoms with Crippen LogP contribution in [0.5, 0.6) is 0 Å². The molecule has 0 atom stereocenters. The van der Waals surface area contributed by atoms with Gasteiger partial charge in [0, 0.05) is 6.42 Å². The molecule has 0 aromatic carbocycles. The van der Waals surface area contributed by atoms with Gasteiger partial charge < -0.3 is 0 Å². The Bertz CT molecular complexity index is 132. The van der Waals surface area contributed by atoms with Crippen molar-refractivity contribution >= 4 is 5.78 Å². The molecule has 0 aliphatic heterocycles. The minimum absolute atomic E-state index is 0.265. The molecule has 64 valence electrons. The molecule has 0 aliphatic rings. The molecule has 0 radical (unpaired) electrons. The van der Waals surface area contributed by atoms with Crippen LogP contribution in [0.3, 0.4) is 0 Å². The van der Waals surface area contributed by atoms with Gasteiger partial charge in [-0.3, -0.25) is 4.79 Å². The van der Waals surface area contributed by atoms with Gasteiger partial charge in [0.25, 0.3) is 0 Å². The maximum Gasteiger partial charge on any atom is 0.155 e. The number of carbonyl (C=O) groups excluding carboxylic acids is 1. The first-order valence-corrected chi connectivity index (χ1v) is 4.40. The van der Waals surface area contributed by atoms with E-state index >= 15 is 0 Å². The third-order valence-electron chi connectivity index (χ3n) is 2.00. The van der Waals surface area contributed by atoms with E-state index in [4.69, 9.17) is 0 Å². The lowest BCUT2D eigenvalue weighted by Crippen LogP contribution is -2.03. The lowest BCUT2D eigenvalue weighted by atomic mass is 9.97. The second-order valence-electron chi connectivity index (χ2n) is 2.85. The first-order valence-electron chi connectivity index (χ1n) is 4.40. The molecule has 0 aromatic rings. The Morgan fingerprint density at radius 1 is 1.36 bits per heavy atom. The zero-order valence-electron chi connectivity index (χ0n) is 7.76. The normalized spacial score (nSPS) is 11.3. The predicted octanol–water partition coefficient (Wildman–Crippen LogP) is 2.96. The molecule has 0 rings (SSSR count). The van der Waals surface area contributed by atoms with E-state index < -0.39 is 0 Å². The van der Waals surface area contributed by atoms with Crippen molar-refractivity contribution in [2.75, 3.05) is 0 Å². The predicted molar refractivity (Wildman–Crippen MR) is 48.5 cm³/mol. The molecule has 0 saturated heterocycles. The van der Waals surface area contributed by atoms with Crippen LogP contribution in [0.15, 0.2) is 12.2 Å². The van der Waals surface area contributed by atoms with Crippen molar-refractivity contribution < 1.29 is 4.79 Å². The molecule has 0 bridgehead atoms. The van der Waals surface area contributed by atoms with Crippen molar-refractivity contribution in [1.29, 1.82) is 0 Å². The van der Waals surface area contributed by atoms with Crippen LogP contribution >= 0.6 is 0 Å². The smallest absolute Gasteiger partial charge is 0.155 e. The molecule has 0 fully saturated rings. The van der Waals surface area contributed by atoms with Gasteiger partial charge in [-0.2, -0.15) is 0 Å². The zero-order chi connectivity index (χ0) is 8.69. The van der Waals surface area contributed by atoms with E-state index in [2.05, 4.69) is 13.8 Å². The standard InChI is InChI=1S/C10H18O/c1-4-7-10(11)8-9(5-2)6-3/h4,7,9H,5-6,8H2,1-3H3/b7-4+. The minimum Gasteiger partial charge on any atom is -0.295 e. The molecular weight excluding hydrogens is 136 g/mol. The van der Waals surface area contributed by atoms with Crippen molar-refractivity contribution in [2.45, 2.75) is 40.0 Å². The molecule has 11 heavy (non-hydrogen) atoms. The van der Waals surface area contributed by atoms with E-state index in [1.165, 1.54) is 0 Å². The van der Waals surface area contributed by atoms with Crippen LogP contribution in [0, 0.1) is 5.92 Å². The highest BCUT2D eigenvalue weighted by molar-refractivity contribution is 5.89. The monoisotopic (exact) mass is 154 g/mol. The maximum atomic E-state index is 11.1. The summed E-state index contributed by atoms with van der Waals surface area (Å²) < 4.78 is 0. The largest absolute Gasteiger partial charge is 0.295 e. The van der Waals surface area contributed by atoms with Gasteiger partial charge in [-0.25, -0.2) is 0 Å². The van der Waals surface area contributed by atoms with E-state index in [-0.39, 0.29) is 5.78 Å². The topological polar surface area (TPSA) is 17.1 Å². The zero-order valence-corrected chi connectivity index (χ0v) is 7.76. The van der Waals surface area contributed by atoms with Crippen LogP contribution in [-0.4, -0.2) is 5.78 Å². The Morgan fingerprint density at radius 3 is 2.27 bits per heavy atom. The summed E-state index contributed by atoms with van der Waals surface area (Å²) in [4.78, 5) is 11.1. The summed E-state index contributed by atoms with van der Waals surface area (Å²) in [6, 6.07) is 0. The number of rotatable bonds is 5. The van der Waals surface area contributed by atoms with Gasteiger partial charge in [0.2, 0.25) is 0 Å². The van der Waals surface area contributed by atoms with Gasteiger partial charge in [-0.1, -0.05) is 32.8 Å². The third kappa shape index (κ3) is 4.77. The highest BCUT2D eigenvalue weighted by Crippen LogP contribution is 2.12. The fourth-order valence-corrected chi connectivity index (χ4v) is 1.12. The van der Waals surface area contributed by atoms with E-state index in [1.54, 1.807) is 6.08 Å². The van der Waals surface area contributed by atoms with E-state index in [1.807, 2.05) is 13.0 Å². The van der Waals surface area contributed by atoms with Gasteiger partial charge in [-0.15, -0.1) is 0 Å². The fraction of sp³-hybridized carbons (Fsp3) is 0.700. The van der Waals surface area contributed by atoms with Crippen molar-refractivity contribution in [1.82, 2.24) is 0 Å². The molecule has 0 unspecified atom stereocenters. The highest BCUT2D eigenvalue weighted by atomic mass is 16.1. The number of ketones is 1. The van der Waals surface area contributed by atoms with E-state index in [9.17, 15) is 4.79 Å². The molecule has 0 heterocycles. The van der Waals surface area contributed by atoms with Gasteiger partial charge in [0.15, 0.2) is 5.78 Å². The highest BCUT2D eigenvalue weighted by Gasteiger charge is 2.06. The summed E-state index contributed by atoms with van der Waals surface area (Å²) in [7, 11) is 0. The number of allylic oxidation sites excluding steroid dienone is 2. The van der Waals surface area contributed by atoms with Crippen LogP contribution in [0.2, 0.25) is 0 Å². The van der Waals surface area contributed by atoms with Crippen molar-refractivity contribution in [2.24, 2.45) is 5.92 Å². The molecule has 0 N–H and O–H groups in total. The van der Waals surface area contributed by atoms with Gasteiger partial charge in [0.1, 0.15) is 0 Å². The van der Waals surface area contributed by atoms with Gasteiger partial charge in [0.05, 0.1) is 0 Å². The van der Waals surface area contributed by atoms with Crippen molar-refractivity contribution in [3.8, 4) is 0 Å². The fourth-order valence-electron chi connectivity index (χ4n) is 1.12. The average Bonchev–Trinajstić information content (AvgIpc) is 2.01. The minimum atomic E-state index is 0.265. The second-order valence-corrected chi connectivity index (χ2v) is 2.85. The third-order valence-corrected chi connectivity index (χ3v) is 2.00. The quantitative estimate of drug-likeness (QED) is 0.556. The molecule has 0 aromatic heterocycles. The average molecular weight is 154 g/mol. The van der Waals surface area contributed by atoms with Crippen molar-refractivity contribution in [3.05, 3.63) is 12.2 Å². The Hall–Kier alpha value is -0.590. The summed E-state index contributed by atoms with van der Waals surface area (Å²) in [5.41, 5.74) is 0. The second kappa shape index (κ2) is 6.14. The summed E-state index contributed by atoms with van der Waals surface area (Å²) in [5.74, 6) is 0.847. The van der Waals surface area contributed by atoms with Crippen molar-refractivity contribution in [3.63, 3.8) is 0 Å². The molecule has 0 saturated carbocycles. The van der Waals surface area contributed by atoms with Crippen LogP contribution in [0.25, 0.3) is 0 Å². The Balaban J connectivity index is 3.71. The number of hydrogen-bond acceptors (Lipinski definition) is 1. The van der Waals surface area contributed by atoms with Gasteiger partial charge in [-0.05, 0) is 18.9 Å². The number of carbonyl (C=O) groups is 1. The van der Waals surface area contributed by atoms with Gasteiger partial charge >= 0.3 is 0 Å². The van der Waals surface area contributed by atoms with Crippen LogP contribution in [-0.2, 0) is 4.79 Å². The lowest BCUT2D eigenvalue weighted by Gasteiger charge is -2.08. The molecule has 1 heteroatoms. The van der Waals surface area contributed by atoms with Crippen LogP contribution in [0.1, 0.15) is 40.0 Å². The molecular formula is C10H18O. The number of hydrogen-bond donors (Lipinski definition) is 0. The molecule has 0 amide bonds. The van der Waals surface area contributed by atoms with E-state index in [0.29, 0.717) is 5.92 Å². The molecule has 0 spiro atoms. The Labute approximate surface area is 69.5 Å². The molecule has 1 nitrogen and oxygen atoms in total. The van der Waals surface area contributed by atoms with Crippen LogP contribution < -0.4 is 0 Å².